The van der Waals surface area contributed by atoms with E-state index in [9.17, 15) is 22.4 Å². The van der Waals surface area contributed by atoms with Crippen molar-refractivity contribution in [3.05, 3.63) is 83.6 Å². The molecular formula is C21H16F4N8OS. The van der Waals surface area contributed by atoms with Crippen LogP contribution in [0.5, 0.6) is 0 Å². The van der Waals surface area contributed by atoms with Crippen molar-refractivity contribution in [2.75, 3.05) is 0 Å². The van der Waals surface area contributed by atoms with E-state index in [1.54, 1.807) is 6.92 Å². The van der Waals surface area contributed by atoms with E-state index >= 15 is 0 Å². The van der Waals surface area contributed by atoms with Crippen molar-refractivity contribution in [2.45, 2.75) is 19.1 Å². The van der Waals surface area contributed by atoms with Crippen LogP contribution in [0.25, 0.3) is 11.5 Å². The minimum absolute atomic E-state index is 0. The fraction of sp³-hybridized carbons (Fsp3) is 0.143. The van der Waals surface area contributed by atoms with Gasteiger partial charge in [-0.2, -0.15) is 46.8 Å². The maximum absolute atomic E-state index is 13.6. The van der Waals surface area contributed by atoms with Gasteiger partial charge in [0.05, 0.1) is 17.3 Å². The number of nitriles is 1. The molecular weight excluding hydrogens is 488 g/mol. The monoisotopic (exact) mass is 504 g/mol. The molecule has 180 valence electrons. The summed E-state index contributed by atoms with van der Waals surface area (Å²) in [6.07, 6.45) is -2.25. The zero-order valence-corrected chi connectivity index (χ0v) is 18.8. The summed E-state index contributed by atoms with van der Waals surface area (Å²) in [4.78, 5) is 20.9. The highest BCUT2D eigenvalue weighted by molar-refractivity contribution is 7.59. The number of alkyl halides is 3. The minimum Gasteiger partial charge on any atom is -0.341 e. The van der Waals surface area contributed by atoms with E-state index in [1.165, 1.54) is 29.3 Å². The smallest absolute Gasteiger partial charge is 0.341 e. The second-order valence-electron chi connectivity index (χ2n) is 7.04. The first-order valence-corrected chi connectivity index (χ1v) is 9.68. The Hall–Kier alpha value is -4.25. The molecule has 0 unspecified atom stereocenters. The minimum atomic E-state index is -4.81. The van der Waals surface area contributed by atoms with Crippen LogP contribution in [0, 0.1) is 17.1 Å². The lowest BCUT2D eigenvalue weighted by Gasteiger charge is -2.13. The Morgan fingerprint density at radius 1 is 1.11 bits per heavy atom. The molecule has 0 radical (unpaired) electrons. The van der Waals surface area contributed by atoms with Gasteiger partial charge in [-0.25, -0.2) is 19.0 Å². The van der Waals surface area contributed by atoms with Crippen LogP contribution in [-0.2, 0) is 6.18 Å². The topological polar surface area (TPSA) is 114 Å². The van der Waals surface area contributed by atoms with Gasteiger partial charge in [-0.15, -0.1) is 0 Å². The number of carbonyl (C=O) groups excluding carboxylic acids is 1. The first-order chi connectivity index (χ1) is 16.2. The third-order valence-corrected chi connectivity index (χ3v) is 4.71. The molecule has 3 aromatic heterocycles. The predicted octanol–water partition coefficient (Wildman–Crippen LogP) is 3.48. The highest BCUT2D eigenvalue weighted by atomic mass is 32.1. The molecule has 4 rings (SSSR count). The Morgan fingerprint density at radius 3 is 2.43 bits per heavy atom. The summed E-state index contributed by atoms with van der Waals surface area (Å²) in [5.74, 6) is -0.939. The van der Waals surface area contributed by atoms with Gasteiger partial charge < -0.3 is 5.32 Å². The predicted molar refractivity (Wildman–Crippen MR) is 119 cm³/mol. The van der Waals surface area contributed by atoms with Gasteiger partial charge in [0.1, 0.15) is 23.9 Å². The average molecular weight is 504 g/mol. The zero-order chi connectivity index (χ0) is 24.5. The molecule has 0 aliphatic heterocycles. The van der Waals surface area contributed by atoms with E-state index in [0.29, 0.717) is 22.1 Å². The standard InChI is InChI=1S/C21H14F4N8O.H2S/c1-12(19-28-11-29-33(19)18-7-2-13(9-26)10-27-18)30-20(34)16-8-17(21(23,24)25)32(31-16)15-5-3-14(22)4-6-15;/h2-8,10-12H,1H3,(H,30,34);1H2/t12-;/m1./s1. The average Bonchev–Trinajstić information content (AvgIpc) is 3.47. The Kier molecular flexibility index (Phi) is 7.20. The number of amides is 1. The summed E-state index contributed by atoms with van der Waals surface area (Å²) in [6.45, 7) is 1.56. The summed E-state index contributed by atoms with van der Waals surface area (Å²) in [6, 6.07) is 9.03. The molecule has 1 N–H and O–H groups in total. The fourth-order valence-electron chi connectivity index (χ4n) is 3.11. The number of halogens is 4. The van der Waals surface area contributed by atoms with Crippen molar-refractivity contribution in [3.8, 4) is 17.6 Å². The number of rotatable bonds is 5. The SMILES string of the molecule is C[C@@H](NC(=O)c1cc(C(F)(F)F)n(-c2ccc(F)cc2)n1)c1ncnn1-c1ccc(C#N)cn1.S. The molecule has 1 aromatic carbocycles. The highest BCUT2D eigenvalue weighted by Crippen LogP contribution is 2.31. The Balaban J connectivity index is 0.00000342. The summed E-state index contributed by atoms with van der Waals surface area (Å²) in [5, 5.41) is 19.3. The number of carbonyl (C=O) groups is 1. The van der Waals surface area contributed by atoms with Gasteiger partial charge in [0.25, 0.3) is 5.91 Å². The molecule has 3 heterocycles. The van der Waals surface area contributed by atoms with Crippen LogP contribution in [0.3, 0.4) is 0 Å². The van der Waals surface area contributed by atoms with Crippen molar-refractivity contribution < 1.29 is 22.4 Å². The lowest BCUT2D eigenvalue weighted by molar-refractivity contribution is -0.142. The van der Waals surface area contributed by atoms with E-state index in [-0.39, 0.29) is 25.0 Å². The number of hydrogen-bond acceptors (Lipinski definition) is 6. The molecule has 0 aliphatic rings. The fourth-order valence-corrected chi connectivity index (χ4v) is 3.11. The molecule has 0 saturated carbocycles. The molecule has 0 fully saturated rings. The molecule has 1 atom stereocenters. The van der Waals surface area contributed by atoms with Gasteiger partial charge in [-0.05, 0) is 43.3 Å². The normalized spacial score (nSPS) is 11.9. The summed E-state index contributed by atoms with van der Waals surface area (Å²) in [7, 11) is 0. The lowest BCUT2D eigenvalue weighted by Crippen LogP contribution is -2.29. The third kappa shape index (κ3) is 5.30. The molecule has 35 heavy (non-hydrogen) atoms. The summed E-state index contributed by atoms with van der Waals surface area (Å²) >= 11 is 0. The Bertz CT molecular complexity index is 1370. The van der Waals surface area contributed by atoms with Crippen LogP contribution in [0.15, 0.2) is 55.0 Å². The van der Waals surface area contributed by atoms with Crippen molar-refractivity contribution in [1.82, 2.24) is 34.8 Å². The number of benzene rings is 1. The molecule has 0 spiro atoms. The van der Waals surface area contributed by atoms with Crippen LogP contribution < -0.4 is 5.32 Å². The lowest BCUT2D eigenvalue weighted by atomic mass is 10.2. The molecule has 9 nitrogen and oxygen atoms in total. The first kappa shape index (κ1) is 25.4. The maximum atomic E-state index is 13.6. The van der Waals surface area contributed by atoms with E-state index in [0.717, 1.165) is 24.3 Å². The molecule has 0 bridgehead atoms. The van der Waals surface area contributed by atoms with Gasteiger partial charge in [-0.1, -0.05) is 0 Å². The highest BCUT2D eigenvalue weighted by Gasteiger charge is 2.37. The van der Waals surface area contributed by atoms with E-state index < -0.39 is 35.3 Å². The van der Waals surface area contributed by atoms with Crippen LogP contribution in [0.1, 0.15) is 40.5 Å². The maximum Gasteiger partial charge on any atom is 0.433 e. The number of hydrogen-bond donors (Lipinski definition) is 1. The van der Waals surface area contributed by atoms with Crippen LogP contribution in [0.4, 0.5) is 17.6 Å². The summed E-state index contributed by atoms with van der Waals surface area (Å²) in [5.41, 5.74) is -1.41. The molecule has 0 saturated heterocycles. The van der Waals surface area contributed by atoms with Crippen LogP contribution >= 0.6 is 13.5 Å². The van der Waals surface area contributed by atoms with Gasteiger partial charge in [0.15, 0.2) is 17.3 Å². The van der Waals surface area contributed by atoms with E-state index in [1.807, 2.05) is 6.07 Å². The van der Waals surface area contributed by atoms with Crippen LogP contribution in [0.2, 0.25) is 0 Å². The van der Waals surface area contributed by atoms with Gasteiger partial charge in [0.2, 0.25) is 0 Å². The summed E-state index contributed by atoms with van der Waals surface area (Å²) < 4.78 is 55.7. The second kappa shape index (κ2) is 9.94. The first-order valence-electron chi connectivity index (χ1n) is 9.68. The molecule has 14 heteroatoms. The number of nitrogens with zero attached hydrogens (tertiary/aromatic N) is 7. The number of nitrogens with one attached hydrogen (secondary N) is 1. The number of aromatic nitrogens is 6. The number of pyridine rings is 1. The van der Waals surface area contributed by atoms with Gasteiger partial charge in [0, 0.05) is 12.3 Å². The molecule has 0 aliphatic carbocycles. The van der Waals surface area contributed by atoms with Crippen molar-refractivity contribution in [3.63, 3.8) is 0 Å². The third-order valence-electron chi connectivity index (χ3n) is 4.71. The van der Waals surface area contributed by atoms with Crippen molar-refractivity contribution in [2.24, 2.45) is 0 Å². The second-order valence-corrected chi connectivity index (χ2v) is 7.04. The Morgan fingerprint density at radius 2 is 1.83 bits per heavy atom. The quantitative estimate of drug-likeness (QED) is 0.416. The zero-order valence-electron chi connectivity index (χ0n) is 17.8. The molecule has 1 amide bonds. The van der Waals surface area contributed by atoms with Crippen molar-refractivity contribution in [1.29, 1.82) is 5.26 Å². The van der Waals surface area contributed by atoms with E-state index in [4.69, 9.17) is 5.26 Å². The van der Waals surface area contributed by atoms with Crippen molar-refractivity contribution >= 4 is 19.4 Å². The van der Waals surface area contributed by atoms with Gasteiger partial charge >= 0.3 is 6.18 Å². The Labute approximate surface area is 202 Å². The molecule has 4 aromatic rings. The largest absolute Gasteiger partial charge is 0.433 e. The van der Waals surface area contributed by atoms with E-state index in [2.05, 4.69) is 25.5 Å². The van der Waals surface area contributed by atoms with Crippen LogP contribution in [-0.4, -0.2) is 35.4 Å². The van der Waals surface area contributed by atoms with Gasteiger partial charge in [-0.3, -0.25) is 4.79 Å².